The molecular weight excluding hydrogens is 251 g/mol. The van der Waals surface area contributed by atoms with Crippen LogP contribution in [0.2, 0.25) is 0 Å². The number of nitrogens with two attached hydrogens (primary N) is 1. The van der Waals surface area contributed by atoms with Gasteiger partial charge in [0.15, 0.2) is 0 Å². The summed E-state index contributed by atoms with van der Waals surface area (Å²) in [5.74, 6) is -0.553. The van der Waals surface area contributed by atoms with E-state index in [9.17, 15) is 9.18 Å². The van der Waals surface area contributed by atoms with E-state index >= 15 is 0 Å². The number of halogens is 1. The van der Waals surface area contributed by atoms with Crippen molar-refractivity contribution in [2.45, 2.75) is 32.7 Å². The highest BCUT2D eigenvalue weighted by atomic mass is 32.1. The number of thiocarbonyl (C=S) groups is 1. The predicted molar refractivity (Wildman–Crippen MR) is 74.1 cm³/mol. The number of aryl methyl sites for hydroxylation is 1. The molecule has 1 rings (SSSR count). The van der Waals surface area contributed by atoms with Gasteiger partial charge in [-0.3, -0.25) is 4.79 Å². The Labute approximate surface area is 112 Å². The van der Waals surface area contributed by atoms with Gasteiger partial charge in [0.1, 0.15) is 5.82 Å². The molecule has 1 aromatic rings. The largest absolute Gasteiger partial charge is 0.393 e. The monoisotopic (exact) mass is 268 g/mol. The molecule has 0 saturated heterocycles. The van der Waals surface area contributed by atoms with Crippen molar-refractivity contribution in [3.63, 3.8) is 0 Å². The Morgan fingerprint density at radius 2 is 2.22 bits per heavy atom. The molecule has 0 saturated carbocycles. The molecule has 0 spiro atoms. The van der Waals surface area contributed by atoms with Crippen molar-refractivity contribution in [3.8, 4) is 0 Å². The van der Waals surface area contributed by atoms with Crippen molar-refractivity contribution < 1.29 is 9.18 Å². The number of carbonyl (C=O) groups is 1. The van der Waals surface area contributed by atoms with Gasteiger partial charge in [-0.1, -0.05) is 19.1 Å². The molecule has 0 aliphatic carbocycles. The highest BCUT2D eigenvalue weighted by Crippen LogP contribution is 2.10. The third-order valence-electron chi connectivity index (χ3n) is 2.70. The number of amides is 1. The summed E-state index contributed by atoms with van der Waals surface area (Å²) in [5, 5.41) is 2.83. The van der Waals surface area contributed by atoms with Gasteiger partial charge in [0, 0.05) is 18.0 Å². The maximum Gasteiger partial charge on any atom is 0.251 e. The molecule has 0 bridgehead atoms. The highest BCUT2D eigenvalue weighted by molar-refractivity contribution is 7.80. The van der Waals surface area contributed by atoms with E-state index in [4.69, 9.17) is 18.0 Å². The summed E-state index contributed by atoms with van der Waals surface area (Å²) in [7, 11) is 0. The molecule has 0 heterocycles. The van der Waals surface area contributed by atoms with Crippen molar-refractivity contribution in [1.29, 1.82) is 0 Å². The van der Waals surface area contributed by atoms with Gasteiger partial charge in [-0.05, 0) is 37.1 Å². The fraction of sp³-hybridized carbons (Fsp3) is 0.385. The van der Waals surface area contributed by atoms with Crippen LogP contribution in [0.5, 0.6) is 0 Å². The van der Waals surface area contributed by atoms with Crippen LogP contribution < -0.4 is 11.1 Å². The van der Waals surface area contributed by atoms with E-state index in [0.29, 0.717) is 22.5 Å². The molecule has 1 amide bonds. The minimum atomic E-state index is -0.318. The first-order valence-electron chi connectivity index (χ1n) is 5.79. The number of nitrogens with one attached hydrogen (secondary N) is 1. The molecule has 0 aliphatic rings. The van der Waals surface area contributed by atoms with Gasteiger partial charge in [0.05, 0.1) is 4.99 Å². The highest BCUT2D eigenvalue weighted by Gasteiger charge is 2.13. The fourth-order valence-electron chi connectivity index (χ4n) is 1.59. The lowest BCUT2D eigenvalue weighted by Gasteiger charge is -2.16. The predicted octanol–water partition coefficient (Wildman–Crippen LogP) is 2.32. The molecule has 0 radical (unpaired) electrons. The number of hydrogen-bond donors (Lipinski definition) is 2. The normalized spacial score (nSPS) is 11.9. The van der Waals surface area contributed by atoms with Crippen molar-refractivity contribution in [3.05, 3.63) is 35.1 Å². The van der Waals surface area contributed by atoms with Gasteiger partial charge in [-0.2, -0.15) is 0 Å². The Hall–Kier alpha value is -1.49. The Morgan fingerprint density at radius 3 is 2.72 bits per heavy atom. The molecule has 1 unspecified atom stereocenters. The van der Waals surface area contributed by atoms with Gasteiger partial charge < -0.3 is 11.1 Å². The van der Waals surface area contributed by atoms with Crippen LogP contribution in [0.25, 0.3) is 0 Å². The van der Waals surface area contributed by atoms with Crippen molar-refractivity contribution in [1.82, 2.24) is 5.32 Å². The first-order valence-corrected chi connectivity index (χ1v) is 6.20. The van der Waals surface area contributed by atoms with Crippen LogP contribution in [-0.4, -0.2) is 16.9 Å². The van der Waals surface area contributed by atoms with Gasteiger partial charge >= 0.3 is 0 Å². The molecule has 98 valence electrons. The van der Waals surface area contributed by atoms with Crippen LogP contribution in [-0.2, 0) is 0 Å². The zero-order valence-electron chi connectivity index (χ0n) is 10.5. The van der Waals surface area contributed by atoms with Crippen LogP contribution >= 0.6 is 12.2 Å². The Bertz CT molecular complexity index is 462. The molecule has 18 heavy (non-hydrogen) atoms. The third kappa shape index (κ3) is 4.07. The molecule has 3 N–H and O–H groups in total. The first kappa shape index (κ1) is 14.6. The van der Waals surface area contributed by atoms with E-state index in [1.807, 2.05) is 6.92 Å². The van der Waals surface area contributed by atoms with Crippen LogP contribution in [0.3, 0.4) is 0 Å². The smallest absolute Gasteiger partial charge is 0.251 e. The minimum Gasteiger partial charge on any atom is -0.393 e. The lowest BCUT2D eigenvalue weighted by atomic mass is 10.1. The SMILES string of the molecule is CCC(CC(N)=S)NC(=O)c1ccc(F)c(C)c1. The summed E-state index contributed by atoms with van der Waals surface area (Å²) in [4.78, 5) is 12.3. The van der Waals surface area contributed by atoms with E-state index in [2.05, 4.69) is 5.32 Å². The molecule has 0 aromatic heterocycles. The first-order chi connectivity index (χ1) is 8.43. The van der Waals surface area contributed by atoms with Gasteiger partial charge in [-0.25, -0.2) is 4.39 Å². The van der Waals surface area contributed by atoms with Crippen molar-refractivity contribution in [2.75, 3.05) is 0 Å². The maximum absolute atomic E-state index is 13.1. The molecule has 3 nitrogen and oxygen atoms in total. The molecule has 0 fully saturated rings. The lowest BCUT2D eigenvalue weighted by Crippen LogP contribution is -2.37. The topological polar surface area (TPSA) is 55.1 Å². The van der Waals surface area contributed by atoms with E-state index in [1.165, 1.54) is 18.2 Å². The van der Waals surface area contributed by atoms with Gasteiger partial charge in [-0.15, -0.1) is 0 Å². The summed E-state index contributed by atoms with van der Waals surface area (Å²) in [6.07, 6.45) is 1.21. The molecular formula is C13H17FN2OS. The van der Waals surface area contributed by atoms with Gasteiger partial charge in [0.2, 0.25) is 0 Å². The van der Waals surface area contributed by atoms with Crippen LogP contribution in [0, 0.1) is 12.7 Å². The second-order valence-electron chi connectivity index (χ2n) is 4.21. The molecule has 0 aliphatic heterocycles. The second kappa shape index (κ2) is 6.44. The third-order valence-corrected chi connectivity index (χ3v) is 2.86. The van der Waals surface area contributed by atoms with Crippen molar-refractivity contribution in [2.24, 2.45) is 5.73 Å². The maximum atomic E-state index is 13.1. The Morgan fingerprint density at radius 1 is 1.56 bits per heavy atom. The van der Waals surface area contributed by atoms with Crippen LogP contribution in [0.1, 0.15) is 35.7 Å². The molecule has 5 heteroatoms. The summed E-state index contributed by atoms with van der Waals surface area (Å²) >= 11 is 4.82. The standard InChI is InChI=1S/C13H17FN2OS/c1-3-10(7-12(15)18)16-13(17)9-4-5-11(14)8(2)6-9/h4-6,10H,3,7H2,1-2H3,(H2,15,18)(H,16,17). The fourth-order valence-corrected chi connectivity index (χ4v) is 1.80. The van der Waals surface area contributed by atoms with E-state index in [0.717, 1.165) is 6.42 Å². The number of hydrogen-bond acceptors (Lipinski definition) is 2. The summed E-state index contributed by atoms with van der Waals surface area (Å²) in [5.41, 5.74) is 6.35. The zero-order chi connectivity index (χ0) is 13.7. The van der Waals surface area contributed by atoms with E-state index < -0.39 is 0 Å². The summed E-state index contributed by atoms with van der Waals surface area (Å²) in [6.45, 7) is 3.57. The Kier molecular flexibility index (Phi) is 5.22. The van der Waals surface area contributed by atoms with Crippen LogP contribution in [0.4, 0.5) is 4.39 Å². The van der Waals surface area contributed by atoms with E-state index in [-0.39, 0.29) is 17.8 Å². The summed E-state index contributed by atoms with van der Waals surface area (Å²) in [6, 6.07) is 4.20. The number of benzene rings is 1. The average molecular weight is 268 g/mol. The zero-order valence-corrected chi connectivity index (χ0v) is 11.3. The molecule has 1 aromatic carbocycles. The molecule has 1 atom stereocenters. The van der Waals surface area contributed by atoms with Gasteiger partial charge in [0.25, 0.3) is 5.91 Å². The number of rotatable bonds is 5. The average Bonchev–Trinajstić information content (AvgIpc) is 2.31. The summed E-state index contributed by atoms with van der Waals surface area (Å²) < 4.78 is 13.1. The quantitative estimate of drug-likeness (QED) is 0.806. The lowest BCUT2D eigenvalue weighted by molar-refractivity contribution is 0.0937. The van der Waals surface area contributed by atoms with Crippen LogP contribution in [0.15, 0.2) is 18.2 Å². The Balaban J connectivity index is 2.74. The second-order valence-corrected chi connectivity index (χ2v) is 4.74. The van der Waals surface area contributed by atoms with E-state index in [1.54, 1.807) is 6.92 Å². The van der Waals surface area contributed by atoms with Crippen molar-refractivity contribution >= 4 is 23.1 Å². The number of carbonyl (C=O) groups excluding carboxylic acids is 1. The minimum absolute atomic E-state index is 0.0830.